The molecule has 0 aliphatic carbocycles. The van der Waals surface area contributed by atoms with E-state index >= 15 is 0 Å². The Bertz CT molecular complexity index is 669. The van der Waals surface area contributed by atoms with Crippen LogP contribution in [0.5, 0.6) is 0 Å². The maximum atomic E-state index is 12.7. The maximum absolute atomic E-state index is 12.7. The summed E-state index contributed by atoms with van der Waals surface area (Å²) in [5.74, 6) is -0.415. The number of benzene rings is 1. The lowest BCUT2D eigenvalue weighted by atomic mass is 10.0. The molecule has 1 aromatic rings. The number of rotatable bonds is 6. The van der Waals surface area contributed by atoms with Crippen molar-refractivity contribution in [2.45, 2.75) is 84.0 Å². The summed E-state index contributed by atoms with van der Waals surface area (Å²) in [6.07, 6.45) is 4.98. The van der Waals surface area contributed by atoms with Crippen LogP contribution in [0.15, 0.2) is 24.3 Å². The molecule has 2 rings (SSSR count). The van der Waals surface area contributed by atoms with Crippen LogP contribution in [0.3, 0.4) is 0 Å². The van der Waals surface area contributed by atoms with Gasteiger partial charge >= 0.3 is 6.09 Å². The van der Waals surface area contributed by atoms with E-state index in [0.29, 0.717) is 12.1 Å². The van der Waals surface area contributed by atoms with Crippen LogP contribution in [0.1, 0.15) is 75.7 Å². The fourth-order valence-corrected chi connectivity index (χ4v) is 3.60. The summed E-state index contributed by atoms with van der Waals surface area (Å²) in [4.78, 5) is 25.9. The van der Waals surface area contributed by atoms with Crippen molar-refractivity contribution in [3.63, 3.8) is 0 Å². The largest absolute Gasteiger partial charge is 0.444 e. The third-order valence-corrected chi connectivity index (χ3v) is 5.00. The molecule has 156 valence electrons. The van der Waals surface area contributed by atoms with Crippen LogP contribution >= 0.6 is 0 Å². The van der Waals surface area contributed by atoms with E-state index in [4.69, 9.17) is 10.5 Å². The second-order valence-corrected chi connectivity index (χ2v) is 8.76. The van der Waals surface area contributed by atoms with Gasteiger partial charge in [-0.2, -0.15) is 0 Å². The highest BCUT2D eigenvalue weighted by atomic mass is 16.6. The molecule has 3 N–H and O–H groups in total. The predicted molar refractivity (Wildman–Crippen MR) is 111 cm³/mol. The molecule has 0 spiro atoms. The first-order valence-corrected chi connectivity index (χ1v) is 10.3. The summed E-state index contributed by atoms with van der Waals surface area (Å²) >= 11 is 0. The van der Waals surface area contributed by atoms with Crippen LogP contribution in [-0.2, 0) is 11.3 Å². The first-order valence-electron chi connectivity index (χ1n) is 10.3. The molecule has 0 aromatic heterocycles. The number of likely N-dealkylation sites (tertiary alicyclic amines) is 1. The smallest absolute Gasteiger partial charge is 0.410 e. The maximum Gasteiger partial charge on any atom is 0.410 e. The topological polar surface area (TPSA) is 84.7 Å². The molecule has 28 heavy (non-hydrogen) atoms. The number of nitrogens with two attached hydrogens (primary N) is 1. The summed E-state index contributed by atoms with van der Waals surface area (Å²) in [7, 11) is 0. The van der Waals surface area contributed by atoms with Crippen molar-refractivity contribution < 1.29 is 14.3 Å². The molecule has 1 saturated heterocycles. The molecule has 1 aliphatic heterocycles. The molecule has 1 aliphatic rings. The van der Waals surface area contributed by atoms with Crippen molar-refractivity contribution in [1.82, 2.24) is 10.2 Å². The van der Waals surface area contributed by atoms with Crippen LogP contribution in [0.4, 0.5) is 4.79 Å². The fraction of sp³-hybridized carbons (Fsp3) is 0.636. The third-order valence-electron chi connectivity index (χ3n) is 5.00. The van der Waals surface area contributed by atoms with Gasteiger partial charge in [0.1, 0.15) is 5.60 Å². The standard InChI is InChI=1S/C22H35N3O3/c1-16(24-15-17-9-8-10-18(14-17)20(23)26)13-19-11-6-5-7-12-25(19)21(27)28-22(2,3)4/h8-10,14,16,19,24H,5-7,11-13,15H2,1-4H3,(H2,23,26)/t16-,19+/m1/s1. The summed E-state index contributed by atoms with van der Waals surface area (Å²) in [6, 6.07) is 7.77. The molecule has 0 bridgehead atoms. The van der Waals surface area contributed by atoms with Gasteiger partial charge in [0.2, 0.25) is 5.91 Å². The van der Waals surface area contributed by atoms with Crippen LogP contribution in [-0.4, -0.2) is 41.1 Å². The van der Waals surface area contributed by atoms with Gasteiger partial charge < -0.3 is 20.7 Å². The highest BCUT2D eigenvalue weighted by molar-refractivity contribution is 5.92. The monoisotopic (exact) mass is 389 g/mol. The number of amides is 2. The first kappa shape index (κ1) is 22.2. The minimum atomic E-state index is -0.483. The summed E-state index contributed by atoms with van der Waals surface area (Å²) < 4.78 is 5.63. The Hall–Kier alpha value is -2.08. The minimum Gasteiger partial charge on any atom is -0.444 e. The molecule has 1 fully saturated rings. The van der Waals surface area contributed by atoms with E-state index in [9.17, 15) is 9.59 Å². The number of primary amides is 1. The molecule has 6 heteroatoms. The zero-order valence-electron chi connectivity index (χ0n) is 17.7. The number of nitrogens with one attached hydrogen (secondary N) is 1. The molecule has 2 atom stereocenters. The van der Waals surface area contributed by atoms with Gasteiger partial charge in [0.05, 0.1) is 0 Å². The Morgan fingerprint density at radius 3 is 2.71 bits per heavy atom. The van der Waals surface area contributed by atoms with E-state index in [2.05, 4.69) is 12.2 Å². The molecule has 1 heterocycles. The highest BCUT2D eigenvalue weighted by Crippen LogP contribution is 2.23. The van der Waals surface area contributed by atoms with E-state index in [1.54, 1.807) is 6.07 Å². The number of hydrogen-bond donors (Lipinski definition) is 2. The number of ether oxygens (including phenoxy) is 1. The molecule has 0 radical (unpaired) electrons. The molecule has 2 amide bonds. The predicted octanol–water partition coefficient (Wildman–Crippen LogP) is 3.83. The summed E-state index contributed by atoms with van der Waals surface area (Å²) in [6.45, 7) is 9.26. The normalized spacial score (nSPS) is 19.0. The average Bonchev–Trinajstić information content (AvgIpc) is 2.84. The molecular formula is C22H35N3O3. The van der Waals surface area contributed by atoms with E-state index in [0.717, 1.165) is 44.2 Å². The lowest BCUT2D eigenvalue weighted by Crippen LogP contribution is -2.45. The van der Waals surface area contributed by atoms with Crippen molar-refractivity contribution in [2.75, 3.05) is 6.54 Å². The molecular weight excluding hydrogens is 354 g/mol. The Balaban J connectivity index is 1.95. The second-order valence-electron chi connectivity index (χ2n) is 8.76. The fourth-order valence-electron chi connectivity index (χ4n) is 3.60. The number of nitrogens with zero attached hydrogens (tertiary/aromatic N) is 1. The molecule has 6 nitrogen and oxygen atoms in total. The minimum absolute atomic E-state index is 0.178. The van der Waals surface area contributed by atoms with Crippen molar-refractivity contribution in [1.29, 1.82) is 0 Å². The van der Waals surface area contributed by atoms with Gasteiger partial charge in [-0.3, -0.25) is 4.79 Å². The zero-order chi connectivity index (χ0) is 20.7. The van der Waals surface area contributed by atoms with Crippen LogP contribution < -0.4 is 11.1 Å². The van der Waals surface area contributed by atoms with Crippen molar-refractivity contribution in [3.05, 3.63) is 35.4 Å². The Morgan fingerprint density at radius 2 is 2.04 bits per heavy atom. The van der Waals surface area contributed by atoms with E-state index < -0.39 is 11.5 Å². The number of carbonyl (C=O) groups is 2. The van der Waals surface area contributed by atoms with Gasteiger partial charge in [0.15, 0.2) is 0 Å². The molecule has 0 saturated carbocycles. The zero-order valence-corrected chi connectivity index (χ0v) is 17.7. The van der Waals surface area contributed by atoms with Crippen LogP contribution in [0, 0.1) is 0 Å². The Morgan fingerprint density at radius 1 is 1.29 bits per heavy atom. The second kappa shape index (κ2) is 9.92. The van der Waals surface area contributed by atoms with Gasteiger partial charge in [-0.25, -0.2) is 4.79 Å². The van der Waals surface area contributed by atoms with E-state index in [1.807, 2.05) is 43.9 Å². The molecule has 1 aromatic carbocycles. The van der Waals surface area contributed by atoms with Crippen molar-refractivity contribution in [3.8, 4) is 0 Å². The van der Waals surface area contributed by atoms with E-state index in [-0.39, 0.29) is 18.2 Å². The Kier molecular flexibility index (Phi) is 7.87. The van der Waals surface area contributed by atoms with Gasteiger partial charge in [0, 0.05) is 30.7 Å². The average molecular weight is 390 g/mol. The van der Waals surface area contributed by atoms with Gasteiger partial charge in [-0.1, -0.05) is 25.0 Å². The van der Waals surface area contributed by atoms with Gasteiger partial charge in [0.25, 0.3) is 0 Å². The Labute approximate surface area is 168 Å². The quantitative estimate of drug-likeness (QED) is 0.774. The summed E-state index contributed by atoms with van der Waals surface area (Å²) in [5, 5.41) is 3.51. The van der Waals surface area contributed by atoms with Gasteiger partial charge in [-0.05, 0) is 64.7 Å². The van der Waals surface area contributed by atoms with Crippen LogP contribution in [0.2, 0.25) is 0 Å². The SMILES string of the molecule is C[C@H](C[C@@H]1CCCCCN1C(=O)OC(C)(C)C)NCc1cccc(C(N)=O)c1. The highest BCUT2D eigenvalue weighted by Gasteiger charge is 2.30. The number of carbonyl (C=O) groups excluding carboxylic acids is 2. The third kappa shape index (κ3) is 7.15. The van der Waals surface area contributed by atoms with Crippen molar-refractivity contribution >= 4 is 12.0 Å². The van der Waals surface area contributed by atoms with E-state index in [1.165, 1.54) is 0 Å². The van der Waals surface area contributed by atoms with Crippen LogP contribution in [0.25, 0.3) is 0 Å². The van der Waals surface area contributed by atoms with Gasteiger partial charge in [-0.15, -0.1) is 0 Å². The number of hydrogen-bond acceptors (Lipinski definition) is 4. The first-order chi connectivity index (χ1) is 13.2. The molecule has 0 unspecified atom stereocenters. The lowest BCUT2D eigenvalue weighted by molar-refractivity contribution is 0.0150. The lowest BCUT2D eigenvalue weighted by Gasteiger charge is -2.33. The van der Waals surface area contributed by atoms with Crippen molar-refractivity contribution in [2.24, 2.45) is 5.73 Å². The summed E-state index contributed by atoms with van der Waals surface area (Å²) in [5.41, 5.74) is 6.41.